The van der Waals surface area contributed by atoms with E-state index in [-0.39, 0.29) is 13.0 Å². The zero-order valence-electron chi connectivity index (χ0n) is 23.2. The van der Waals surface area contributed by atoms with Gasteiger partial charge in [-0.15, -0.1) is 0 Å². The first-order chi connectivity index (χ1) is 19.7. The molecule has 3 atom stereocenters. The maximum Gasteiger partial charge on any atom is 0.345 e. The Morgan fingerprint density at radius 2 is 1.27 bits per heavy atom. The summed E-state index contributed by atoms with van der Waals surface area (Å²) >= 11 is 0. The van der Waals surface area contributed by atoms with Gasteiger partial charge in [-0.25, -0.2) is 4.79 Å². The summed E-state index contributed by atoms with van der Waals surface area (Å²) in [4.78, 5) is 38.3. The number of amides is 2. The number of rotatable bonds is 13. The fourth-order valence-corrected chi connectivity index (χ4v) is 3.65. The highest BCUT2D eigenvalue weighted by Crippen LogP contribution is 2.08. The number of esters is 1. The van der Waals surface area contributed by atoms with Crippen LogP contribution in [0.3, 0.4) is 0 Å². The van der Waals surface area contributed by atoms with Gasteiger partial charge in [-0.3, -0.25) is 9.59 Å². The average molecular weight is 570 g/mol. The van der Waals surface area contributed by atoms with Gasteiger partial charge in [0.25, 0.3) is 0 Å². The van der Waals surface area contributed by atoms with Crippen molar-refractivity contribution in [1.82, 2.24) is 10.6 Å². The van der Waals surface area contributed by atoms with Gasteiger partial charge in [-0.2, -0.15) is 8.78 Å². The van der Waals surface area contributed by atoms with E-state index in [2.05, 4.69) is 15.4 Å². The molecule has 10 heteroatoms. The quantitative estimate of drug-likeness (QED) is 0.270. The third-order valence-electron chi connectivity index (χ3n) is 5.96. The zero-order chi connectivity index (χ0) is 30.0. The molecule has 8 nitrogen and oxygen atoms in total. The Morgan fingerprint density at radius 3 is 1.78 bits per heavy atom. The predicted octanol–water partition coefficient (Wildman–Crippen LogP) is 3.78. The number of methoxy groups -OCH3 is 1. The number of ether oxygens (including phenoxy) is 2. The van der Waals surface area contributed by atoms with Gasteiger partial charge >= 0.3 is 12.6 Å². The predicted molar refractivity (Wildman–Crippen MR) is 152 cm³/mol. The summed E-state index contributed by atoms with van der Waals surface area (Å²) in [6, 6.07) is 25.9. The second kappa shape index (κ2) is 18.2. The Morgan fingerprint density at radius 1 is 0.780 bits per heavy atom. The summed E-state index contributed by atoms with van der Waals surface area (Å²) in [6.45, 7) is -0.954. The molecule has 1 unspecified atom stereocenters. The van der Waals surface area contributed by atoms with Crippen molar-refractivity contribution in [3.8, 4) is 0 Å². The first kappa shape index (κ1) is 33.1. The lowest BCUT2D eigenvalue weighted by Crippen LogP contribution is -2.54. The molecule has 0 aromatic heterocycles. The highest BCUT2D eigenvalue weighted by Gasteiger charge is 2.27. The lowest BCUT2D eigenvalue weighted by Gasteiger charge is -2.22. The first-order valence-corrected chi connectivity index (χ1v) is 13.1. The van der Waals surface area contributed by atoms with E-state index in [0.717, 1.165) is 23.8 Å². The molecule has 0 radical (unpaired) electrons. The van der Waals surface area contributed by atoms with Crippen molar-refractivity contribution in [2.75, 3.05) is 7.11 Å². The van der Waals surface area contributed by atoms with Crippen LogP contribution in [0.15, 0.2) is 91.0 Å². The summed E-state index contributed by atoms with van der Waals surface area (Å²) < 4.78 is 30.0. The number of hydrogen-bond acceptors (Lipinski definition) is 6. The van der Waals surface area contributed by atoms with Crippen LogP contribution in [0.25, 0.3) is 0 Å². The molecule has 0 aliphatic rings. The average Bonchev–Trinajstić information content (AvgIpc) is 3.00. The minimum atomic E-state index is -2.62. The van der Waals surface area contributed by atoms with Crippen LogP contribution in [-0.4, -0.2) is 49.6 Å². The van der Waals surface area contributed by atoms with Crippen molar-refractivity contribution in [3.63, 3.8) is 0 Å². The third-order valence-corrected chi connectivity index (χ3v) is 5.96. The number of carbonyl (C=O) groups is 3. The molecule has 0 saturated carbocycles. The van der Waals surface area contributed by atoms with Crippen LogP contribution in [-0.2, 0) is 43.3 Å². The summed E-state index contributed by atoms with van der Waals surface area (Å²) in [5.74, 6) is -1.45. The zero-order valence-corrected chi connectivity index (χ0v) is 23.2. The topological polar surface area (TPSA) is 120 Å². The maximum absolute atomic E-state index is 12.9. The van der Waals surface area contributed by atoms with Gasteiger partial charge in [-0.05, 0) is 36.5 Å². The molecule has 0 bridgehead atoms. The molecule has 3 aromatic carbocycles. The molecule has 41 heavy (non-hydrogen) atoms. The van der Waals surface area contributed by atoms with E-state index in [1.54, 1.807) is 6.92 Å². The molecule has 2 amide bonds. The van der Waals surface area contributed by atoms with E-state index < -0.39 is 42.5 Å². The van der Waals surface area contributed by atoms with Crippen molar-refractivity contribution in [1.29, 1.82) is 0 Å². The highest BCUT2D eigenvalue weighted by molar-refractivity contribution is 5.91. The van der Waals surface area contributed by atoms with E-state index in [0.29, 0.717) is 12.8 Å². The van der Waals surface area contributed by atoms with Crippen molar-refractivity contribution in [2.45, 2.75) is 57.5 Å². The van der Waals surface area contributed by atoms with Crippen LogP contribution in [0.5, 0.6) is 0 Å². The van der Waals surface area contributed by atoms with Crippen molar-refractivity contribution >= 4 is 17.8 Å². The molecular weight excluding hydrogens is 532 g/mol. The van der Waals surface area contributed by atoms with Crippen molar-refractivity contribution in [3.05, 3.63) is 108 Å². The fourth-order valence-electron chi connectivity index (χ4n) is 3.65. The van der Waals surface area contributed by atoms with Gasteiger partial charge in [0.1, 0.15) is 18.7 Å². The second-order valence-electron chi connectivity index (χ2n) is 9.20. The largest absolute Gasteiger partial charge is 0.459 e. The summed E-state index contributed by atoms with van der Waals surface area (Å²) in [5, 5.41) is 5.39. The summed E-state index contributed by atoms with van der Waals surface area (Å²) in [5.41, 5.74) is 8.85. The van der Waals surface area contributed by atoms with Crippen molar-refractivity contribution in [2.24, 2.45) is 5.73 Å². The van der Waals surface area contributed by atoms with Crippen LogP contribution in [0.1, 0.15) is 30.0 Å². The standard InChI is InChI=1S/C29H33N3O4.C2H4F2O/c1-21(31-28(34)25(30)18-17-22-11-5-2-6-12-22)27(33)32-26(19-23-13-7-3-8-14-23)29(35)36-20-24-15-9-4-10-16-24;1-5-2(3)4/h2-16,21,25-26H,17-20,30H2,1H3,(H,31,34)(H,32,33);2H,1H3/t21?,25-,26-;/m0./s1. The van der Waals surface area contributed by atoms with Crippen molar-refractivity contribution < 1.29 is 32.6 Å². The number of hydrogen-bond donors (Lipinski definition) is 3. The molecule has 0 fully saturated rings. The summed E-state index contributed by atoms with van der Waals surface area (Å²) in [6.07, 6.45) is 1.37. The van der Waals surface area contributed by atoms with E-state index in [1.165, 1.54) is 0 Å². The van der Waals surface area contributed by atoms with E-state index >= 15 is 0 Å². The van der Waals surface area contributed by atoms with Crippen LogP contribution >= 0.6 is 0 Å². The smallest absolute Gasteiger partial charge is 0.345 e. The summed E-state index contributed by atoms with van der Waals surface area (Å²) in [7, 11) is 0.949. The van der Waals surface area contributed by atoms with Crippen LogP contribution in [0, 0.1) is 0 Å². The number of nitrogens with two attached hydrogens (primary N) is 1. The Kier molecular flexibility index (Phi) is 14.7. The molecule has 3 rings (SSSR count). The monoisotopic (exact) mass is 569 g/mol. The third kappa shape index (κ3) is 13.2. The van der Waals surface area contributed by atoms with Gasteiger partial charge in [0, 0.05) is 13.5 Å². The number of halogens is 2. The molecule has 0 aliphatic carbocycles. The van der Waals surface area contributed by atoms with Gasteiger partial charge < -0.3 is 25.8 Å². The molecule has 0 aliphatic heterocycles. The lowest BCUT2D eigenvalue weighted by atomic mass is 10.0. The molecule has 0 spiro atoms. The molecule has 4 N–H and O–H groups in total. The normalized spacial score (nSPS) is 12.7. The number of alkyl halides is 2. The van der Waals surface area contributed by atoms with Gasteiger partial charge in [-0.1, -0.05) is 91.0 Å². The second-order valence-corrected chi connectivity index (χ2v) is 9.20. The molecular formula is C31H37F2N3O5. The SMILES string of the molecule is CC(NC(=O)[C@@H](N)CCc1ccccc1)C(=O)N[C@@H](Cc1ccccc1)C(=O)OCc1ccccc1.COC(F)F. The van der Waals surface area contributed by atoms with Gasteiger partial charge in [0.05, 0.1) is 6.04 Å². The molecule has 3 aromatic rings. The highest BCUT2D eigenvalue weighted by atomic mass is 19.3. The maximum atomic E-state index is 12.9. The van der Waals surface area contributed by atoms with Gasteiger partial charge in [0.15, 0.2) is 0 Å². The molecule has 0 saturated heterocycles. The van der Waals surface area contributed by atoms with Crippen LogP contribution in [0.4, 0.5) is 8.78 Å². The van der Waals surface area contributed by atoms with Crippen LogP contribution < -0.4 is 16.4 Å². The Bertz CT molecular complexity index is 1180. The van der Waals surface area contributed by atoms with Crippen LogP contribution in [0.2, 0.25) is 0 Å². The minimum absolute atomic E-state index is 0.101. The Hall–Kier alpha value is -4.15. The lowest BCUT2D eigenvalue weighted by molar-refractivity contribution is -0.149. The number of aryl methyl sites for hydroxylation is 1. The van der Waals surface area contributed by atoms with Gasteiger partial charge in [0.2, 0.25) is 11.8 Å². The number of carbonyl (C=O) groups excluding carboxylic acids is 3. The number of nitrogens with one attached hydrogen (secondary N) is 2. The Balaban J connectivity index is 0.00000108. The Labute approximate surface area is 239 Å². The van der Waals surface area contributed by atoms with E-state index in [1.807, 2.05) is 91.0 Å². The molecule has 0 heterocycles. The first-order valence-electron chi connectivity index (χ1n) is 13.1. The minimum Gasteiger partial charge on any atom is -0.459 e. The fraction of sp³-hybridized carbons (Fsp3) is 0.323. The molecule has 220 valence electrons. The van der Waals surface area contributed by atoms with E-state index in [4.69, 9.17) is 10.5 Å². The van der Waals surface area contributed by atoms with E-state index in [9.17, 15) is 23.2 Å². The number of benzene rings is 3.